The standard InChI is InChI=1S/C29H30N2O4/c32-28(14-19-34-24-10-12-26(13-11-24)35-25-7-2-1-3-8-25)31-17-15-29(33,16-18-31)23-20-22-6-4-5-9-27(22)30-21-23/h1-13,20-21,28,32-33H,14-19H2/t28-/m0/s1. The van der Waals surface area contributed by atoms with Crippen LogP contribution >= 0.6 is 0 Å². The molecule has 0 saturated carbocycles. The summed E-state index contributed by atoms with van der Waals surface area (Å²) < 4.78 is 11.6. The van der Waals surface area contributed by atoms with Crippen molar-refractivity contribution in [3.8, 4) is 17.2 Å². The Hall–Kier alpha value is -3.45. The van der Waals surface area contributed by atoms with Crippen LogP contribution in [0.3, 0.4) is 0 Å². The van der Waals surface area contributed by atoms with E-state index in [1.54, 1.807) is 6.20 Å². The molecule has 1 aliphatic rings. The van der Waals surface area contributed by atoms with Crippen molar-refractivity contribution in [1.29, 1.82) is 0 Å². The molecule has 180 valence electrons. The van der Waals surface area contributed by atoms with Crippen molar-refractivity contribution in [2.24, 2.45) is 0 Å². The average Bonchev–Trinajstić information content (AvgIpc) is 2.90. The van der Waals surface area contributed by atoms with Gasteiger partial charge in [0.25, 0.3) is 0 Å². The molecule has 35 heavy (non-hydrogen) atoms. The largest absolute Gasteiger partial charge is 0.493 e. The Kier molecular flexibility index (Phi) is 6.95. The summed E-state index contributed by atoms with van der Waals surface area (Å²) in [5.74, 6) is 2.26. The smallest absolute Gasteiger partial charge is 0.127 e. The zero-order valence-electron chi connectivity index (χ0n) is 19.6. The number of ether oxygens (including phenoxy) is 2. The predicted molar refractivity (Wildman–Crippen MR) is 136 cm³/mol. The number of para-hydroxylation sites is 2. The topological polar surface area (TPSA) is 75.0 Å². The molecular formula is C29H30N2O4. The molecule has 6 nitrogen and oxygen atoms in total. The Morgan fingerprint density at radius 1 is 0.857 bits per heavy atom. The van der Waals surface area contributed by atoms with Gasteiger partial charge >= 0.3 is 0 Å². The Morgan fingerprint density at radius 3 is 2.29 bits per heavy atom. The fourth-order valence-corrected chi connectivity index (χ4v) is 4.50. The van der Waals surface area contributed by atoms with Crippen LogP contribution in [-0.2, 0) is 5.60 Å². The van der Waals surface area contributed by atoms with Crippen LogP contribution in [0.2, 0.25) is 0 Å². The van der Waals surface area contributed by atoms with E-state index in [1.807, 2.05) is 89.8 Å². The zero-order valence-corrected chi connectivity index (χ0v) is 19.6. The highest BCUT2D eigenvalue weighted by molar-refractivity contribution is 5.78. The number of rotatable bonds is 8. The van der Waals surface area contributed by atoms with Crippen LogP contribution in [0.15, 0.2) is 91.1 Å². The number of hydrogen-bond donors (Lipinski definition) is 2. The van der Waals surface area contributed by atoms with Gasteiger partial charge in [0.1, 0.15) is 23.5 Å². The Bertz CT molecular complexity index is 1240. The molecule has 4 aromatic rings. The van der Waals surface area contributed by atoms with Gasteiger partial charge in [-0.3, -0.25) is 9.88 Å². The van der Waals surface area contributed by atoms with Crippen molar-refractivity contribution in [2.45, 2.75) is 31.1 Å². The van der Waals surface area contributed by atoms with Gasteiger partial charge in [-0.15, -0.1) is 0 Å². The highest BCUT2D eigenvalue weighted by atomic mass is 16.5. The second kappa shape index (κ2) is 10.4. The summed E-state index contributed by atoms with van der Waals surface area (Å²) in [7, 11) is 0. The van der Waals surface area contributed by atoms with E-state index in [1.165, 1.54) is 0 Å². The molecule has 0 spiro atoms. The first-order valence-electron chi connectivity index (χ1n) is 12.0. The minimum absolute atomic E-state index is 0.398. The number of aliphatic hydroxyl groups excluding tert-OH is 1. The summed E-state index contributed by atoms with van der Waals surface area (Å²) in [6, 6.07) is 27.0. The van der Waals surface area contributed by atoms with Crippen molar-refractivity contribution in [3.05, 3.63) is 96.7 Å². The summed E-state index contributed by atoms with van der Waals surface area (Å²) in [5.41, 5.74) is 0.840. The van der Waals surface area contributed by atoms with Crippen LogP contribution in [0.4, 0.5) is 0 Å². The van der Waals surface area contributed by atoms with Crippen molar-refractivity contribution < 1.29 is 19.7 Å². The molecule has 1 aliphatic heterocycles. The SMILES string of the molecule is O[C@@H](CCOc1ccc(Oc2ccccc2)cc1)N1CCC(O)(c2cnc3ccccc3c2)CC1. The third-order valence-corrected chi connectivity index (χ3v) is 6.62. The summed E-state index contributed by atoms with van der Waals surface area (Å²) in [6.45, 7) is 1.61. The lowest BCUT2D eigenvalue weighted by Crippen LogP contribution is -2.47. The molecule has 0 bridgehead atoms. The maximum Gasteiger partial charge on any atom is 0.127 e. The minimum atomic E-state index is -0.923. The van der Waals surface area contributed by atoms with E-state index >= 15 is 0 Å². The molecule has 2 N–H and O–H groups in total. The molecule has 5 rings (SSSR count). The lowest BCUT2D eigenvalue weighted by Gasteiger charge is -2.40. The number of likely N-dealkylation sites (tertiary alicyclic amines) is 1. The number of benzene rings is 3. The summed E-state index contributed by atoms with van der Waals surface area (Å²) >= 11 is 0. The molecule has 0 amide bonds. The van der Waals surface area contributed by atoms with Gasteiger partial charge in [0, 0.05) is 36.7 Å². The normalized spacial score (nSPS) is 16.6. The van der Waals surface area contributed by atoms with Crippen molar-refractivity contribution in [1.82, 2.24) is 9.88 Å². The van der Waals surface area contributed by atoms with Gasteiger partial charge in [-0.2, -0.15) is 0 Å². The number of piperidine rings is 1. The first-order chi connectivity index (χ1) is 17.1. The highest BCUT2D eigenvalue weighted by Gasteiger charge is 2.36. The van der Waals surface area contributed by atoms with Crippen molar-refractivity contribution >= 4 is 10.9 Å². The van der Waals surface area contributed by atoms with Crippen LogP contribution in [0.25, 0.3) is 10.9 Å². The minimum Gasteiger partial charge on any atom is -0.493 e. The number of aliphatic hydroxyl groups is 2. The number of nitrogens with zero attached hydrogens (tertiary/aromatic N) is 2. The second-order valence-electron chi connectivity index (χ2n) is 8.99. The van der Waals surface area contributed by atoms with Gasteiger partial charge in [-0.1, -0.05) is 36.4 Å². The summed E-state index contributed by atoms with van der Waals surface area (Å²) in [6.07, 6.45) is 2.74. The van der Waals surface area contributed by atoms with Crippen LogP contribution < -0.4 is 9.47 Å². The first-order valence-corrected chi connectivity index (χ1v) is 12.0. The molecule has 0 aliphatic carbocycles. The number of aromatic nitrogens is 1. The average molecular weight is 471 g/mol. The van der Waals surface area contributed by atoms with E-state index in [4.69, 9.17) is 9.47 Å². The first kappa shape index (κ1) is 23.3. The third kappa shape index (κ3) is 5.62. The van der Waals surface area contributed by atoms with Crippen LogP contribution in [0.5, 0.6) is 17.2 Å². The molecule has 3 aromatic carbocycles. The van der Waals surface area contributed by atoms with Gasteiger partial charge in [-0.05, 0) is 61.4 Å². The van der Waals surface area contributed by atoms with Gasteiger partial charge in [-0.25, -0.2) is 0 Å². The van der Waals surface area contributed by atoms with Crippen molar-refractivity contribution in [2.75, 3.05) is 19.7 Å². The predicted octanol–water partition coefficient (Wildman–Crippen LogP) is 5.10. The Labute approximate surface area is 205 Å². The van der Waals surface area contributed by atoms with Gasteiger partial charge in [0.05, 0.1) is 17.7 Å². The molecule has 1 saturated heterocycles. The molecular weight excluding hydrogens is 440 g/mol. The third-order valence-electron chi connectivity index (χ3n) is 6.62. The van der Waals surface area contributed by atoms with Crippen LogP contribution in [0.1, 0.15) is 24.8 Å². The van der Waals surface area contributed by atoms with E-state index in [0.717, 1.165) is 33.7 Å². The fraction of sp³-hybridized carbons (Fsp3) is 0.276. The highest BCUT2D eigenvalue weighted by Crippen LogP contribution is 2.34. The number of hydrogen-bond acceptors (Lipinski definition) is 6. The summed E-state index contributed by atoms with van der Waals surface area (Å²) in [5, 5.41) is 23.0. The van der Waals surface area contributed by atoms with Crippen LogP contribution in [0, 0.1) is 0 Å². The van der Waals surface area contributed by atoms with E-state index in [2.05, 4.69) is 4.98 Å². The van der Waals surface area contributed by atoms with Crippen molar-refractivity contribution in [3.63, 3.8) is 0 Å². The Morgan fingerprint density at radius 2 is 1.51 bits per heavy atom. The molecule has 0 unspecified atom stereocenters. The molecule has 2 heterocycles. The maximum absolute atomic E-state index is 11.3. The fourth-order valence-electron chi connectivity index (χ4n) is 4.50. The van der Waals surface area contributed by atoms with Gasteiger partial charge in [0.15, 0.2) is 0 Å². The van der Waals surface area contributed by atoms with E-state index in [9.17, 15) is 10.2 Å². The molecule has 1 atom stereocenters. The number of pyridine rings is 1. The molecule has 1 aromatic heterocycles. The van der Waals surface area contributed by atoms with Gasteiger partial charge < -0.3 is 19.7 Å². The lowest BCUT2D eigenvalue weighted by molar-refractivity contribution is -0.0819. The quantitative estimate of drug-likeness (QED) is 0.373. The Balaban J connectivity index is 1.09. The van der Waals surface area contributed by atoms with E-state index in [-0.39, 0.29) is 0 Å². The zero-order chi connectivity index (χ0) is 24.1. The second-order valence-corrected chi connectivity index (χ2v) is 8.99. The number of fused-ring (bicyclic) bond motifs is 1. The maximum atomic E-state index is 11.3. The summed E-state index contributed by atoms with van der Waals surface area (Å²) in [4.78, 5) is 6.51. The molecule has 0 radical (unpaired) electrons. The molecule has 1 fully saturated rings. The molecule has 6 heteroatoms. The van der Waals surface area contributed by atoms with E-state index in [0.29, 0.717) is 39.0 Å². The van der Waals surface area contributed by atoms with E-state index < -0.39 is 11.8 Å². The van der Waals surface area contributed by atoms with Crippen LogP contribution in [-0.4, -0.2) is 46.0 Å². The van der Waals surface area contributed by atoms with Gasteiger partial charge in [0.2, 0.25) is 0 Å². The monoisotopic (exact) mass is 470 g/mol. The lowest BCUT2D eigenvalue weighted by atomic mass is 9.84.